The molecule has 0 radical (unpaired) electrons. The van der Waals surface area contributed by atoms with Crippen LogP contribution in [-0.4, -0.2) is 22.2 Å². The summed E-state index contributed by atoms with van der Waals surface area (Å²) in [4.78, 5) is 17.6. The van der Waals surface area contributed by atoms with Crippen LogP contribution >= 0.6 is 11.3 Å². The molecule has 3 rings (SSSR count). The zero-order chi connectivity index (χ0) is 15.7. The summed E-state index contributed by atoms with van der Waals surface area (Å²) in [6.45, 7) is 4.37. The number of amides is 2. The molecule has 116 valence electrons. The van der Waals surface area contributed by atoms with Gasteiger partial charge in [-0.3, -0.25) is 0 Å². The molecular formula is C16H19N3O2S. The van der Waals surface area contributed by atoms with Crippen LogP contribution in [0.15, 0.2) is 24.3 Å². The van der Waals surface area contributed by atoms with Gasteiger partial charge >= 0.3 is 6.03 Å². The number of hydrogen-bond donors (Lipinski definition) is 3. The molecule has 0 saturated heterocycles. The van der Waals surface area contributed by atoms with Gasteiger partial charge in [0, 0.05) is 11.3 Å². The van der Waals surface area contributed by atoms with Crippen molar-refractivity contribution in [2.45, 2.75) is 39.0 Å². The molecule has 0 bridgehead atoms. The number of aliphatic hydroxyl groups excluding tert-OH is 1. The molecular weight excluding hydrogens is 298 g/mol. The second kappa shape index (κ2) is 6.06. The molecule has 5 nitrogen and oxygen atoms in total. The number of aliphatic hydroxyl groups is 1. The van der Waals surface area contributed by atoms with Gasteiger partial charge in [-0.25, -0.2) is 9.78 Å². The van der Waals surface area contributed by atoms with Crippen LogP contribution in [0.2, 0.25) is 0 Å². The summed E-state index contributed by atoms with van der Waals surface area (Å²) < 4.78 is 0. The van der Waals surface area contributed by atoms with E-state index in [1.807, 2.05) is 38.1 Å². The number of aryl methyl sites for hydroxylation is 2. The average Bonchev–Trinajstić information content (AvgIpc) is 2.97. The lowest BCUT2D eigenvalue weighted by atomic mass is 10.1. The van der Waals surface area contributed by atoms with E-state index in [0.717, 1.165) is 26.7 Å². The van der Waals surface area contributed by atoms with E-state index in [1.54, 1.807) is 11.3 Å². The number of carbonyl (C=O) groups excluding carboxylic acids is 1. The minimum atomic E-state index is -0.576. The van der Waals surface area contributed by atoms with E-state index >= 15 is 0 Å². The summed E-state index contributed by atoms with van der Waals surface area (Å²) in [6.07, 6.45) is -0.00100. The van der Waals surface area contributed by atoms with Crippen molar-refractivity contribution in [3.63, 3.8) is 0 Å². The number of nitrogens with zero attached hydrogens (tertiary/aromatic N) is 1. The Labute approximate surface area is 133 Å². The number of thiazole rings is 1. The predicted molar refractivity (Wildman–Crippen MR) is 85.9 cm³/mol. The van der Waals surface area contributed by atoms with Gasteiger partial charge in [0.25, 0.3) is 0 Å². The Morgan fingerprint density at radius 1 is 1.41 bits per heavy atom. The summed E-state index contributed by atoms with van der Waals surface area (Å²) in [5.74, 6) is 0. The molecule has 2 aromatic rings. The molecule has 0 fully saturated rings. The first-order chi connectivity index (χ1) is 10.5. The number of benzene rings is 1. The molecule has 22 heavy (non-hydrogen) atoms. The van der Waals surface area contributed by atoms with Gasteiger partial charge in [0.1, 0.15) is 5.01 Å². The topological polar surface area (TPSA) is 74.2 Å². The highest BCUT2D eigenvalue weighted by Gasteiger charge is 2.31. The first-order valence-electron chi connectivity index (χ1n) is 7.27. The lowest BCUT2D eigenvalue weighted by Gasteiger charge is -2.18. The highest BCUT2D eigenvalue weighted by atomic mass is 32.1. The van der Waals surface area contributed by atoms with Gasteiger partial charge in [0.05, 0.1) is 24.4 Å². The van der Waals surface area contributed by atoms with E-state index in [4.69, 9.17) is 0 Å². The number of aromatic nitrogens is 1. The van der Waals surface area contributed by atoms with E-state index in [2.05, 4.69) is 15.6 Å². The maximum atomic E-state index is 12.1. The van der Waals surface area contributed by atoms with Crippen molar-refractivity contribution >= 4 is 17.4 Å². The normalized spacial score (nSPS) is 19.8. The predicted octanol–water partition coefficient (Wildman–Crippen LogP) is 2.22. The van der Waals surface area contributed by atoms with E-state index in [9.17, 15) is 9.90 Å². The third-order valence-corrected chi connectivity index (χ3v) is 5.04. The average molecular weight is 317 g/mol. The SMILES string of the molecule is Cc1nc(CNC(=O)NC2c3ccccc3CC2O)sc1C. The second-order valence-electron chi connectivity index (χ2n) is 5.52. The Morgan fingerprint density at radius 3 is 2.91 bits per heavy atom. The zero-order valence-electron chi connectivity index (χ0n) is 12.6. The molecule has 1 aliphatic rings. The van der Waals surface area contributed by atoms with Crippen molar-refractivity contribution in [1.29, 1.82) is 0 Å². The van der Waals surface area contributed by atoms with Crippen molar-refractivity contribution in [3.05, 3.63) is 51.0 Å². The maximum absolute atomic E-state index is 12.1. The van der Waals surface area contributed by atoms with Crippen molar-refractivity contribution in [3.8, 4) is 0 Å². The van der Waals surface area contributed by atoms with Gasteiger partial charge < -0.3 is 15.7 Å². The number of fused-ring (bicyclic) bond motifs is 1. The number of rotatable bonds is 3. The Bertz CT molecular complexity index is 679. The van der Waals surface area contributed by atoms with Gasteiger partial charge in [0.15, 0.2) is 0 Å². The number of carbonyl (C=O) groups is 1. The Morgan fingerprint density at radius 2 is 2.18 bits per heavy atom. The summed E-state index contributed by atoms with van der Waals surface area (Å²) in [5, 5.41) is 16.7. The van der Waals surface area contributed by atoms with Gasteiger partial charge in [0.2, 0.25) is 0 Å². The van der Waals surface area contributed by atoms with Crippen LogP contribution < -0.4 is 10.6 Å². The third-order valence-electron chi connectivity index (χ3n) is 3.96. The number of hydrogen-bond acceptors (Lipinski definition) is 4. The molecule has 6 heteroatoms. The molecule has 3 N–H and O–H groups in total. The van der Waals surface area contributed by atoms with Crippen LogP contribution in [0, 0.1) is 13.8 Å². The van der Waals surface area contributed by atoms with Crippen LogP contribution in [0.4, 0.5) is 4.79 Å². The molecule has 2 atom stereocenters. The second-order valence-corrected chi connectivity index (χ2v) is 6.81. The zero-order valence-corrected chi connectivity index (χ0v) is 13.4. The third kappa shape index (κ3) is 2.98. The van der Waals surface area contributed by atoms with Crippen LogP contribution in [0.25, 0.3) is 0 Å². The lowest BCUT2D eigenvalue weighted by molar-refractivity contribution is 0.142. The molecule has 2 amide bonds. The fourth-order valence-electron chi connectivity index (χ4n) is 2.71. The molecule has 1 heterocycles. The van der Waals surface area contributed by atoms with Gasteiger partial charge in [-0.2, -0.15) is 0 Å². The van der Waals surface area contributed by atoms with E-state index in [1.165, 1.54) is 0 Å². The minimum absolute atomic E-state index is 0.286. The van der Waals surface area contributed by atoms with Crippen molar-refractivity contribution < 1.29 is 9.90 Å². The fourth-order valence-corrected chi connectivity index (χ4v) is 3.58. The van der Waals surface area contributed by atoms with Gasteiger partial charge in [-0.15, -0.1) is 11.3 Å². The van der Waals surface area contributed by atoms with Crippen molar-refractivity contribution in [1.82, 2.24) is 15.6 Å². The molecule has 1 aromatic heterocycles. The van der Waals surface area contributed by atoms with Crippen molar-refractivity contribution in [2.75, 3.05) is 0 Å². The molecule has 1 aliphatic carbocycles. The minimum Gasteiger partial charge on any atom is -0.390 e. The van der Waals surface area contributed by atoms with Crippen molar-refractivity contribution in [2.24, 2.45) is 0 Å². The molecule has 0 aliphatic heterocycles. The number of urea groups is 1. The van der Waals surface area contributed by atoms with Gasteiger partial charge in [-0.1, -0.05) is 24.3 Å². The van der Waals surface area contributed by atoms with Crippen LogP contribution in [0.5, 0.6) is 0 Å². The van der Waals surface area contributed by atoms with E-state index in [-0.39, 0.29) is 12.1 Å². The highest BCUT2D eigenvalue weighted by molar-refractivity contribution is 7.11. The quantitative estimate of drug-likeness (QED) is 0.812. The first kappa shape index (κ1) is 15.0. The maximum Gasteiger partial charge on any atom is 0.315 e. The first-order valence-corrected chi connectivity index (χ1v) is 8.09. The lowest BCUT2D eigenvalue weighted by Crippen LogP contribution is -2.40. The summed E-state index contributed by atoms with van der Waals surface area (Å²) >= 11 is 1.59. The van der Waals surface area contributed by atoms with Crippen LogP contribution in [0.3, 0.4) is 0 Å². The molecule has 2 unspecified atom stereocenters. The summed E-state index contributed by atoms with van der Waals surface area (Å²) in [6, 6.07) is 7.16. The standard InChI is InChI=1S/C16H19N3O2S/c1-9-10(2)22-14(18-9)8-17-16(21)19-15-12-6-4-3-5-11(12)7-13(15)20/h3-6,13,15,20H,7-8H2,1-2H3,(H2,17,19,21). The van der Waals surface area contributed by atoms with E-state index in [0.29, 0.717) is 13.0 Å². The summed E-state index contributed by atoms with van der Waals surface area (Å²) in [7, 11) is 0. The fraction of sp³-hybridized carbons (Fsp3) is 0.375. The molecule has 1 aromatic carbocycles. The monoisotopic (exact) mass is 317 g/mol. The molecule has 0 spiro atoms. The molecule has 0 saturated carbocycles. The Kier molecular flexibility index (Phi) is 4.13. The van der Waals surface area contributed by atoms with Crippen LogP contribution in [-0.2, 0) is 13.0 Å². The smallest absolute Gasteiger partial charge is 0.315 e. The van der Waals surface area contributed by atoms with Gasteiger partial charge in [-0.05, 0) is 25.0 Å². The Balaban J connectivity index is 1.60. The number of nitrogens with one attached hydrogen (secondary N) is 2. The highest BCUT2D eigenvalue weighted by Crippen LogP contribution is 2.31. The summed E-state index contributed by atoms with van der Waals surface area (Å²) in [5.41, 5.74) is 3.08. The van der Waals surface area contributed by atoms with E-state index < -0.39 is 6.10 Å². The Hall–Kier alpha value is -1.92. The largest absolute Gasteiger partial charge is 0.390 e. The van der Waals surface area contributed by atoms with Crippen LogP contribution in [0.1, 0.15) is 32.7 Å².